The third kappa shape index (κ3) is 9.75. The van der Waals surface area contributed by atoms with Crippen LogP contribution in [0.1, 0.15) is 112 Å². The predicted molar refractivity (Wildman–Crippen MR) is 216 cm³/mol. The number of hydrogen-bond acceptors (Lipinski definition) is 4. The topological polar surface area (TPSA) is 54.5 Å². The first kappa shape index (κ1) is 42.1. The molecular formula is C45H55IrN2O2S-. The molecule has 3 aromatic carbocycles. The summed E-state index contributed by atoms with van der Waals surface area (Å²) in [6.45, 7) is 31.4. The molecule has 4 nitrogen and oxygen atoms in total. The fourth-order valence-electron chi connectivity index (χ4n) is 6.77. The Hall–Kier alpha value is -3.36. The summed E-state index contributed by atoms with van der Waals surface area (Å²) in [7, 11) is 0. The van der Waals surface area contributed by atoms with Crippen LogP contribution in [0.2, 0.25) is 0 Å². The summed E-state index contributed by atoms with van der Waals surface area (Å²) in [5.41, 5.74) is 6.86. The molecule has 0 fully saturated rings. The van der Waals surface area contributed by atoms with E-state index in [0.29, 0.717) is 5.69 Å². The Morgan fingerprint density at radius 1 is 0.902 bits per heavy atom. The number of carbonyl (C=O) groups excluding carboxylic acids is 1. The molecular weight excluding hydrogens is 825 g/mol. The van der Waals surface area contributed by atoms with Gasteiger partial charge in [-0.2, -0.15) is 0 Å². The standard InChI is InChI=1S/C32H31N2S.C13H24O2.Ir/c1-19-20(18-31(2,3)4)9-11-25-26-13-14-34-28(30(26)35-29(19)25)22-15-21-16-23(33-8)10-12-24(21)27(17-22)32(5,6)7;1-5-10(6-2)12(14)9-13(15)11(7-3)8-4;/h9-14,16-17H,18H2,1-7H3;9-11,14H,5-8H2,1-4H3;/q-1;;/b;12-9-;. The van der Waals surface area contributed by atoms with Crippen LogP contribution in [-0.4, -0.2) is 15.9 Å². The average molecular weight is 880 g/mol. The van der Waals surface area contributed by atoms with E-state index < -0.39 is 0 Å². The molecule has 0 atom stereocenters. The molecule has 0 bridgehead atoms. The summed E-state index contributed by atoms with van der Waals surface area (Å²) >= 11 is 1.85. The molecule has 0 aliphatic heterocycles. The smallest absolute Gasteiger partial charge is 0.162 e. The van der Waals surface area contributed by atoms with Gasteiger partial charge in [0.05, 0.1) is 12.3 Å². The zero-order chi connectivity index (χ0) is 37.0. The van der Waals surface area contributed by atoms with Gasteiger partial charge in [0.2, 0.25) is 0 Å². The van der Waals surface area contributed by atoms with Gasteiger partial charge in [-0.15, -0.1) is 40.5 Å². The molecule has 0 saturated carbocycles. The van der Waals surface area contributed by atoms with Gasteiger partial charge in [-0.3, -0.25) is 9.78 Å². The number of ketones is 1. The van der Waals surface area contributed by atoms with Gasteiger partial charge in [0, 0.05) is 64.7 Å². The van der Waals surface area contributed by atoms with E-state index in [9.17, 15) is 9.90 Å². The monoisotopic (exact) mass is 880 g/mol. The molecule has 6 heteroatoms. The van der Waals surface area contributed by atoms with E-state index in [4.69, 9.17) is 11.6 Å². The molecule has 0 aliphatic carbocycles. The Labute approximate surface area is 324 Å². The summed E-state index contributed by atoms with van der Waals surface area (Å²) in [6, 6.07) is 18.5. The zero-order valence-electron chi connectivity index (χ0n) is 32.4. The van der Waals surface area contributed by atoms with Gasteiger partial charge in [-0.25, -0.2) is 4.85 Å². The van der Waals surface area contributed by atoms with Gasteiger partial charge in [0.25, 0.3) is 0 Å². The Balaban J connectivity index is 0.000000374. The molecule has 0 saturated heterocycles. The first-order chi connectivity index (χ1) is 23.6. The Bertz CT molecular complexity index is 2060. The Kier molecular flexibility index (Phi) is 14.4. The molecule has 0 amide bonds. The Morgan fingerprint density at radius 3 is 2.08 bits per heavy atom. The minimum absolute atomic E-state index is 0. The van der Waals surface area contributed by atoms with Gasteiger partial charge < -0.3 is 5.11 Å². The van der Waals surface area contributed by atoms with E-state index in [-0.39, 0.29) is 54.3 Å². The van der Waals surface area contributed by atoms with E-state index in [1.807, 2.05) is 57.4 Å². The van der Waals surface area contributed by atoms with Crippen molar-refractivity contribution in [1.82, 2.24) is 4.98 Å². The van der Waals surface area contributed by atoms with E-state index in [1.54, 1.807) is 0 Å². The Morgan fingerprint density at radius 2 is 1.51 bits per heavy atom. The molecule has 0 spiro atoms. The molecule has 1 N–H and O–H groups in total. The van der Waals surface area contributed by atoms with E-state index in [0.717, 1.165) is 54.1 Å². The normalized spacial score (nSPS) is 12.3. The molecule has 1 radical (unpaired) electrons. The largest absolute Gasteiger partial charge is 0.512 e. The zero-order valence-corrected chi connectivity index (χ0v) is 35.6. The summed E-state index contributed by atoms with van der Waals surface area (Å²) in [5, 5.41) is 14.4. The van der Waals surface area contributed by atoms with Crippen LogP contribution in [0, 0.1) is 36.8 Å². The van der Waals surface area contributed by atoms with E-state index in [2.05, 4.69) is 89.7 Å². The fraction of sp³-hybridized carbons (Fsp3) is 0.444. The summed E-state index contributed by atoms with van der Waals surface area (Å²) in [5.74, 6) is 0.547. The van der Waals surface area contributed by atoms with Gasteiger partial charge in [-0.05, 0) is 72.4 Å². The van der Waals surface area contributed by atoms with Crippen molar-refractivity contribution in [3.05, 3.63) is 94.7 Å². The molecule has 51 heavy (non-hydrogen) atoms. The fourth-order valence-corrected chi connectivity index (χ4v) is 8.09. The van der Waals surface area contributed by atoms with Crippen molar-refractivity contribution in [2.45, 2.75) is 114 Å². The number of nitrogens with zero attached hydrogens (tertiary/aromatic N) is 2. The van der Waals surface area contributed by atoms with Crippen LogP contribution in [0.4, 0.5) is 5.69 Å². The SMILES string of the molecule is CCC(CC)C(=O)/C=C(\O)C(CC)CC.[C-]#[N+]c1ccc2c(C(C)(C)C)cc(-c3nccc4c3sc3c(C)c(CC(C)(C)C)ccc34)[c-]c2c1.[Ir]. The number of hydrogen-bond donors (Lipinski definition) is 1. The van der Waals surface area contributed by atoms with E-state index >= 15 is 0 Å². The second kappa shape index (κ2) is 17.4. The maximum atomic E-state index is 11.7. The van der Waals surface area contributed by atoms with Gasteiger partial charge in [-0.1, -0.05) is 104 Å². The van der Waals surface area contributed by atoms with Crippen molar-refractivity contribution in [1.29, 1.82) is 0 Å². The van der Waals surface area contributed by atoms with Crippen molar-refractivity contribution in [2.75, 3.05) is 0 Å². The number of fused-ring (bicyclic) bond motifs is 4. The number of aliphatic hydroxyl groups excluding tert-OH is 1. The second-order valence-corrected chi connectivity index (χ2v) is 16.8. The molecule has 0 unspecified atom stereocenters. The molecule has 0 aliphatic rings. The summed E-state index contributed by atoms with van der Waals surface area (Å²) in [6.07, 6.45) is 7.89. The summed E-state index contributed by atoms with van der Waals surface area (Å²) in [4.78, 5) is 20.2. The minimum atomic E-state index is -0.0474. The van der Waals surface area contributed by atoms with Crippen LogP contribution in [0.3, 0.4) is 0 Å². The predicted octanol–water partition coefficient (Wildman–Crippen LogP) is 13.7. The van der Waals surface area contributed by atoms with Crippen molar-refractivity contribution in [2.24, 2.45) is 17.3 Å². The van der Waals surface area contributed by atoms with Crippen LogP contribution in [0.5, 0.6) is 0 Å². The molecule has 2 heterocycles. The van der Waals surface area contributed by atoms with E-state index in [1.165, 1.54) is 42.9 Å². The number of thiophene rings is 1. The molecule has 273 valence electrons. The van der Waals surface area contributed by atoms with Crippen molar-refractivity contribution in [3.63, 3.8) is 0 Å². The van der Waals surface area contributed by atoms with Crippen LogP contribution in [0.15, 0.2) is 60.5 Å². The van der Waals surface area contributed by atoms with Crippen molar-refractivity contribution >= 4 is 53.8 Å². The van der Waals surface area contributed by atoms with Crippen molar-refractivity contribution < 1.29 is 30.0 Å². The number of carbonyl (C=O) groups is 1. The second-order valence-electron chi connectivity index (χ2n) is 15.8. The van der Waals surface area contributed by atoms with Crippen LogP contribution < -0.4 is 0 Å². The van der Waals surface area contributed by atoms with Crippen LogP contribution in [0.25, 0.3) is 47.0 Å². The first-order valence-electron chi connectivity index (χ1n) is 18.2. The van der Waals surface area contributed by atoms with Gasteiger partial charge in [0.1, 0.15) is 0 Å². The maximum absolute atomic E-state index is 11.7. The van der Waals surface area contributed by atoms with Gasteiger partial charge >= 0.3 is 0 Å². The molecule has 2 aromatic heterocycles. The number of pyridine rings is 1. The van der Waals surface area contributed by atoms with Crippen LogP contribution in [-0.2, 0) is 36.7 Å². The quantitative estimate of drug-likeness (QED) is 0.0912. The number of allylic oxidation sites excluding steroid dienone is 2. The third-order valence-electron chi connectivity index (χ3n) is 9.76. The number of aryl methyl sites for hydroxylation is 1. The average Bonchev–Trinajstić information content (AvgIpc) is 3.45. The van der Waals surface area contributed by atoms with Gasteiger partial charge in [0.15, 0.2) is 11.5 Å². The number of aliphatic hydroxyl groups is 1. The number of rotatable bonds is 9. The first-order valence-corrected chi connectivity index (χ1v) is 19.0. The summed E-state index contributed by atoms with van der Waals surface area (Å²) < 4.78 is 2.55. The van der Waals surface area contributed by atoms with Crippen molar-refractivity contribution in [3.8, 4) is 11.3 Å². The molecule has 5 rings (SSSR count). The number of aromatic nitrogens is 1. The van der Waals surface area contributed by atoms with Crippen LogP contribution >= 0.6 is 11.3 Å². The maximum Gasteiger partial charge on any atom is 0.162 e. The number of benzene rings is 3. The molecule has 5 aromatic rings. The minimum Gasteiger partial charge on any atom is -0.512 e. The third-order valence-corrected chi connectivity index (χ3v) is 11.1.